The van der Waals surface area contributed by atoms with E-state index in [0.29, 0.717) is 5.95 Å². The molecule has 9 aromatic carbocycles. The van der Waals surface area contributed by atoms with Crippen LogP contribution in [0.5, 0.6) is 0 Å². The Morgan fingerprint density at radius 3 is 1.71 bits per heavy atom. The van der Waals surface area contributed by atoms with Gasteiger partial charge in [0.15, 0.2) is 0 Å². The lowest BCUT2D eigenvalue weighted by atomic mass is 9.87. The van der Waals surface area contributed by atoms with Crippen molar-refractivity contribution in [3.05, 3.63) is 206 Å². The van der Waals surface area contributed by atoms with Crippen molar-refractivity contribution in [3.63, 3.8) is 0 Å². The summed E-state index contributed by atoms with van der Waals surface area (Å²) in [6.07, 6.45) is 0. The van der Waals surface area contributed by atoms with E-state index in [2.05, 4.69) is 230 Å². The molecule has 0 radical (unpaired) electrons. The van der Waals surface area contributed by atoms with Crippen molar-refractivity contribution in [2.24, 2.45) is 0 Å². The number of hydrogen-bond donors (Lipinski definition) is 0. The summed E-state index contributed by atoms with van der Waals surface area (Å²) >= 11 is 0. The topological polar surface area (TPSA) is 35.6 Å². The maximum absolute atomic E-state index is 5.46. The number of benzene rings is 9. The first-order valence-electron chi connectivity index (χ1n) is 21.4. The zero-order valence-electron chi connectivity index (χ0n) is 34.8. The van der Waals surface area contributed by atoms with Crippen LogP contribution < -0.4 is 0 Å². The third-order valence-corrected chi connectivity index (χ3v) is 12.7. The smallest absolute Gasteiger partial charge is 0.235 e. The van der Waals surface area contributed by atoms with Gasteiger partial charge in [-0.1, -0.05) is 172 Å². The van der Waals surface area contributed by atoms with Crippen LogP contribution in [0.25, 0.3) is 110 Å². The number of aromatic nitrogens is 4. The van der Waals surface area contributed by atoms with Gasteiger partial charge in [-0.15, -0.1) is 0 Å². The minimum Gasteiger partial charge on any atom is -0.309 e. The van der Waals surface area contributed by atoms with E-state index in [1.807, 2.05) is 0 Å². The highest BCUT2D eigenvalue weighted by atomic mass is 15.2. The molecular formula is C58H42N4. The standard InChI is InChI=1S/C58H42N4/c1-58(2,3)44-28-30-45(31-29-44)61-53-32-27-40-16-9-10-18-46(40)56(53)49-35-54-48(34-55(49)61)47-19-11-12-20-52(47)62(54)57-59-50(41-24-21-39(22-25-41)37-13-5-4-6-14-37)36-51(60-57)43-26-23-38-15-7-8-17-42(38)33-43/h4-36H,1-3H3. The molecule has 0 fully saturated rings. The Bertz CT molecular complexity index is 3700. The van der Waals surface area contributed by atoms with Crippen molar-refractivity contribution in [3.8, 4) is 45.3 Å². The van der Waals surface area contributed by atoms with E-state index in [1.54, 1.807) is 0 Å². The van der Waals surface area contributed by atoms with Gasteiger partial charge in [-0.3, -0.25) is 4.57 Å². The first-order chi connectivity index (χ1) is 30.4. The van der Waals surface area contributed by atoms with Crippen molar-refractivity contribution in [2.75, 3.05) is 0 Å². The molecule has 12 aromatic rings. The first kappa shape index (κ1) is 36.1. The highest BCUT2D eigenvalue weighted by Crippen LogP contribution is 2.42. The molecule has 3 aromatic heterocycles. The number of para-hydroxylation sites is 1. The molecule has 0 saturated carbocycles. The molecule has 0 bridgehead atoms. The third-order valence-electron chi connectivity index (χ3n) is 12.7. The van der Waals surface area contributed by atoms with Crippen molar-refractivity contribution >= 4 is 65.2 Å². The second kappa shape index (κ2) is 13.9. The van der Waals surface area contributed by atoms with Crippen molar-refractivity contribution in [1.29, 1.82) is 0 Å². The van der Waals surface area contributed by atoms with E-state index in [0.717, 1.165) is 50.0 Å². The normalized spacial score (nSPS) is 12.1. The molecule has 0 amide bonds. The summed E-state index contributed by atoms with van der Waals surface area (Å²) in [5.74, 6) is 0.634. The largest absolute Gasteiger partial charge is 0.309 e. The van der Waals surface area contributed by atoms with Gasteiger partial charge in [0.05, 0.1) is 33.5 Å². The lowest BCUT2D eigenvalue weighted by Gasteiger charge is -2.19. The van der Waals surface area contributed by atoms with Crippen LogP contribution in [0.4, 0.5) is 0 Å². The van der Waals surface area contributed by atoms with Crippen molar-refractivity contribution in [2.45, 2.75) is 26.2 Å². The molecule has 62 heavy (non-hydrogen) atoms. The van der Waals surface area contributed by atoms with Gasteiger partial charge in [0.2, 0.25) is 5.95 Å². The molecule has 0 aliphatic rings. The van der Waals surface area contributed by atoms with Crippen LogP contribution in [-0.4, -0.2) is 19.1 Å². The van der Waals surface area contributed by atoms with Gasteiger partial charge in [-0.05, 0) is 92.2 Å². The summed E-state index contributed by atoms with van der Waals surface area (Å²) in [5, 5.41) is 9.57. The van der Waals surface area contributed by atoms with Crippen LogP contribution in [0.3, 0.4) is 0 Å². The van der Waals surface area contributed by atoms with Crippen molar-refractivity contribution in [1.82, 2.24) is 19.1 Å². The summed E-state index contributed by atoms with van der Waals surface area (Å²) in [4.78, 5) is 10.9. The van der Waals surface area contributed by atoms with E-state index in [4.69, 9.17) is 9.97 Å². The van der Waals surface area contributed by atoms with Crippen LogP contribution in [0.1, 0.15) is 26.3 Å². The molecule has 3 heterocycles. The van der Waals surface area contributed by atoms with E-state index < -0.39 is 0 Å². The summed E-state index contributed by atoms with van der Waals surface area (Å²) in [6, 6.07) is 72.4. The predicted octanol–water partition coefficient (Wildman–Crippen LogP) is 15.3. The Morgan fingerprint density at radius 2 is 0.935 bits per heavy atom. The molecule has 4 nitrogen and oxygen atoms in total. The fourth-order valence-corrected chi connectivity index (χ4v) is 9.50. The predicted molar refractivity (Wildman–Crippen MR) is 261 cm³/mol. The Hall–Kier alpha value is -7.82. The number of fused-ring (bicyclic) bond motifs is 9. The third kappa shape index (κ3) is 5.83. The van der Waals surface area contributed by atoms with E-state index in [9.17, 15) is 0 Å². The van der Waals surface area contributed by atoms with Gasteiger partial charge < -0.3 is 4.57 Å². The highest BCUT2D eigenvalue weighted by Gasteiger charge is 2.22. The molecule has 0 saturated heterocycles. The average Bonchev–Trinajstić information content (AvgIpc) is 3.82. The highest BCUT2D eigenvalue weighted by molar-refractivity contribution is 6.25. The SMILES string of the molecule is CC(C)(C)c1ccc(-n2c3cc4c5ccccc5n(-c5nc(-c6ccc(-c7ccccc7)cc6)cc(-c6ccc7ccccc7c6)n5)c4cc3c3c4ccccc4ccc32)cc1. The molecule has 12 rings (SSSR count). The minimum absolute atomic E-state index is 0.0582. The van der Waals surface area contributed by atoms with Crippen LogP contribution in [0.15, 0.2) is 200 Å². The zero-order chi connectivity index (χ0) is 41.5. The Morgan fingerprint density at radius 1 is 0.355 bits per heavy atom. The Balaban J connectivity index is 1.14. The van der Waals surface area contributed by atoms with Gasteiger partial charge in [0.25, 0.3) is 0 Å². The summed E-state index contributed by atoms with van der Waals surface area (Å²) in [7, 11) is 0. The molecule has 0 unspecified atom stereocenters. The molecule has 0 aliphatic heterocycles. The average molecular weight is 795 g/mol. The Labute approximate surface area is 360 Å². The molecular weight excluding hydrogens is 753 g/mol. The quantitative estimate of drug-likeness (QED) is 0.174. The maximum atomic E-state index is 5.46. The molecule has 0 aliphatic carbocycles. The second-order valence-electron chi connectivity index (χ2n) is 17.5. The number of rotatable bonds is 5. The van der Waals surface area contributed by atoms with E-state index >= 15 is 0 Å². The molecule has 294 valence electrons. The molecule has 0 spiro atoms. The van der Waals surface area contributed by atoms with Gasteiger partial charge in [0, 0.05) is 38.4 Å². The van der Waals surface area contributed by atoms with Gasteiger partial charge in [-0.25, -0.2) is 9.97 Å². The number of nitrogens with zero attached hydrogens (tertiary/aromatic N) is 4. The number of hydrogen-bond acceptors (Lipinski definition) is 2. The van der Waals surface area contributed by atoms with Crippen LogP contribution in [0, 0.1) is 0 Å². The lowest BCUT2D eigenvalue weighted by molar-refractivity contribution is 0.590. The molecule has 0 N–H and O–H groups in total. The first-order valence-corrected chi connectivity index (χ1v) is 21.4. The van der Waals surface area contributed by atoms with Crippen LogP contribution >= 0.6 is 0 Å². The van der Waals surface area contributed by atoms with Gasteiger partial charge in [0.1, 0.15) is 0 Å². The summed E-state index contributed by atoms with van der Waals surface area (Å²) < 4.78 is 4.73. The lowest BCUT2D eigenvalue weighted by Crippen LogP contribution is -2.10. The van der Waals surface area contributed by atoms with Crippen LogP contribution in [0.2, 0.25) is 0 Å². The monoisotopic (exact) mass is 794 g/mol. The van der Waals surface area contributed by atoms with Gasteiger partial charge >= 0.3 is 0 Å². The maximum Gasteiger partial charge on any atom is 0.235 e. The second-order valence-corrected chi connectivity index (χ2v) is 17.5. The Kier molecular flexibility index (Phi) is 8.07. The van der Waals surface area contributed by atoms with E-state index in [1.165, 1.54) is 60.0 Å². The fourth-order valence-electron chi connectivity index (χ4n) is 9.50. The van der Waals surface area contributed by atoms with E-state index in [-0.39, 0.29) is 5.41 Å². The summed E-state index contributed by atoms with van der Waals surface area (Å²) in [5.41, 5.74) is 13.2. The van der Waals surface area contributed by atoms with Gasteiger partial charge in [-0.2, -0.15) is 0 Å². The molecule has 4 heteroatoms. The molecule has 0 atom stereocenters. The van der Waals surface area contributed by atoms with Crippen LogP contribution in [-0.2, 0) is 5.41 Å². The minimum atomic E-state index is 0.0582. The fraction of sp³-hybridized carbons (Fsp3) is 0.0690. The zero-order valence-corrected chi connectivity index (χ0v) is 34.8. The van der Waals surface area contributed by atoms with Crippen molar-refractivity contribution < 1.29 is 0 Å². The summed E-state index contributed by atoms with van der Waals surface area (Å²) in [6.45, 7) is 6.81.